The fourth-order valence-electron chi connectivity index (χ4n) is 2.76. The summed E-state index contributed by atoms with van der Waals surface area (Å²) in [5.41, 5.74) is 1.46. The number of nitrogens with one attached hydrogen (secondary N) is 2. The summed E-state index contributed by atoms with van der Waals surface area (Å²) in [5, 5.41) is 14.9. The van der Waals surface area contributed by atoms with Gasteiger partial charge in [0.05, 0.1) is 0 Å². The second-order valence-corrected chi connectivity index (χ2v) is 7.24. The van der Waals surface area contributed by atoms with Crippen LogP contribution in [0.15, 0.2) is 36.0 Å². The van der Waals surface area contributed by atoms with Crippen LogP contribution in [0.25, 0.3) is 0 Å². The zero-order chi connectivity index (χ0) is 19.9. The van der Waals surface area contributed by atoms with Crippen LogP contribution in [0.3, 0.4) is 0 Å². The van der Waals surface area contributed by atoms with Crippen LogP contribution in [0, 0.1) is 11.3 Å². The highest BCUT2D eigenvalue weighted by atomic mass is 16.6. The molecule has 0 fully saturated rings. The Balaban J connectivity index is 1.89. The molecule has 1 aliphatic rings. The largest absolute Gasteiger partial charge is 0.444 e. The molecule has 0 spiro atoms. The molecule has 7 heteroatoms. The molecule has 0 aromatic heterocycles. The number of anilines is 1. The van der Waals surface area contributed by atoms with Gasteiger partial charge < -0.3 is 20.3 Å². The Kier molecular flexibility index (Phi) is 6.83. The molecule has 0 radical (unpaired) electrons. The fourth-order valence-corrected chi connectivity index (χ4v) is 2.76. The van der Waals surface area contributed by atoms with Crippen LogP contribution in [0.2, 0.25) is 0 Å². The van der Waals surface area contributed by atoms with Crippen molar-refractivity contribution in [3.63, 3.8) is 0 Å². The maximum absolute atomic E-state index is 12.7. The molecule has 0 saturated carbocycles. The molecule has 0 atom stereocenters. The summed E-state index contributed by atoms with van der Waals surface area (Å²) in [6.07, 6.45) is 2.69. The number of carbonyl (C=O) groups is 2. The summed E-state index contributed by atoms with van der Waals surface area (Å²) in [6, 6.07) is 9.70. The van der Waals surface area contributed by atoms with E-state index in [9.17, 15) is 14.9 Å². The van der Waals surface area contributed by atoms with Gasteiger partial charge >= 0.3 is 6.09 Å². The number of alkyl carbamates (subject to hydrolysis) is 1. The van der Waals surface area contributed by atoms with Crippen molar-refractivity contribution in [2.75, 3.05) is 24.5 Å². The number of hydrogen-bond donors (Lipinski definition) is 2. The SMILES string of the molecule is CC(C)(C)OC(=O)NCCN/C=C(/C#N)C(=O)N1CCCc2ccccc21. The third-order valence-electron chi connectivity index (χ3n) is 3.89. The van der Waals surface area contributed by atoms with Crippen LogP contribution in [-0.4, -0.2) is 37.2 Å². The van der Waals surface area contributed by atoms with Crippen LogP contribution in [0.5, 0.6) is 0 Å². The summed E-state index contributed by atoms with van der Waals surface area (Å²) < 4.78 is 5.13. The molecule has 2 N–H and O–H groups in total. The summed E-state index contributed by atoms with van der Waals surface area (Å²) in [4.78, 5) is 25.9. The molecule has 0 aliphatic carbocycles. The number of hydrogen-bond acceptors (Lipinski definition) is 5. The number of benzene rings is 1. The zero-order valence-corrected chi connectivity index (χ0v) is 16.0. The van der Waals surface area contributed by atoms with E-state index < -0.39 is 11.7 Å². The molecular formula is C20H26N4O3. The van der Waals surface area contributed by atoms with Crippen LogP contribution in [-0.2, 0) is 16.0 Å². The Hall–Kier alpha value is -3.01. The monoisotopic (exact) mass is 370 g/mol. The number of nitrogens with zero attached hydrogens (tertiary/aromatic N) is 2. The van der Waals surface area contributed by atoms with E-state index in [4.69, 9.17) is 4.74 Å². The van der Waals surface area contributed by atoms with Gasteiger partial charge in [0.25, 0.3) is 5.91 Å². The van der Waals surface area contributed by atoms with Crippen LogP contribution in [0.1, 0.15) is 32.8 Å². The lowest BCUT2D eigenvalue weighted by molar-refractivity contribution is -0.114. The van der Waals surface area contributed by atoms with Crippen molar-refractivity contribution >= 4 is 17.7 Å². The zero-order valence-electron chi connectivity index (χ0n) is 16.0. The van der Waals surface area contributed by atoms with Crippen molar-refractivity contribution in [2.45, 2.75) is 39.2 Å². The van der Waals surface area contributed by atoms with Gasteiger partial charge in [-0.25, -0.2) is 4.79 Å². The summed E-state index contributed by atoms with van der Waals surface area (Å²) in [5.74, 6) is -0.322. The molecule has 144 valence electrons. The predicted octanol–water partition coefficient (Wildman–Crippen LogP) is 2.49. The number of carbonyl (C=O) groups excluding carboxylic acids is 2. The molecule has 0 saturated heterocycles. The van der Waals surface area contributed by atoms with E-state index in [1.807, 2.05) is 30.3 Å². The second-order valence-electron chi connectivity index (χ2n) is 7.24. The maximum atomic E-state index is 12.7. The Bertz CT molecular complexity index is 759. The summed E-state index contributed by atoms with van der Waals surface area (Å²) in [7, 11) is 0. The lowest BCUT2D eigenvalue weighted by Crippen LogP contribution is -2.37. The molecular weight excluding hydrogens is 344 g/mol. The Morgan fingerprint density at radius 2 is 2.04 bits per heavy atom. The van der Waals surface area contributed by atoms with Gasteiger partial charge in [-0.1, -0.05) is 18.2 Å². The molecule has 0 unspecified atom stereocenters. The normalized spacial score (nSPS) is 14.0. The number of rotatable bonds is 5. The topological polar surface area (TPSA) is 94.5 Å². The number of fused-ring (bicyclic) bond motifs is 1. The first-order valence-electron chi connectivity index (χ1n) is 9.02. The lowest BCUT2D eigenvalue weighted by atomic mass is 10.0. The number of ether oxygens (including phenoxy) is 1. The van der Waals surface area contributed by atoms with Gasteiger partial charge in [-0.15, -0.1) is 0 Å². The summed E-state index contributed by atoms with van der Waals surface area (Å²) >= 11 is 0. The highest BCUT2D eigenvalue weighted by molar-refractivity contribution is 6.08. The standard InChI is InChI=1S/C20H26N4O3/c1-20(2,3)27-19(26)23-11-10-22-14-16(13-21)18(25)24-12-6-8-15-7-4-5-9-17(15)24/h4-5,7,9,14,22H,6,8,10-12H2,1-3H3,(H,23,26)/b16-14-. The highest BCUT2D eigenvalue weighted by Crippen LogP contribution is 2.27. The highest BCUT2D eigenvalue weighted by Gasteiger charge is 2.24. The Morgan fingerprint density at radius 3 is 2.74 bits per heavy atom. The molecule has 1 aromatic carbocycles. The second kappa shape index (κ2) is 9.08. The average Bonchev–Trinajstić information content (AvgIpc) is 2.62. The van der Waals surface area contributed by atoms with Crippen molar-refractivity contribution in [1.29, 1.82) is 5.26 Å². The lowest BCUT2D eigenvalue weighted by Gasteiger charge is -2.29. The van der Waals surface area contributed by atoms with E-state index in [2.05, 4.69) is 10.6 Å². The quantitative estimate of drug-likeness (QED) is 0.472. The van der Waals surface area contributed by atoms with E-state index in [-0.39, 0.29) is 11.5 Å². The van der Waals surface area contributed by atoms with E-state index in [0.717, 1.165) is 24.1 Å². The van der Waals surface area contributed by atoms with Crippen molar-refractivity contribution in [2.24, 2.45) is 0 Å². The van der Waals surface area contributed by atoms with E-state index in [1.165, 1.54) is 6.20 Å². The predicted molar refractivity (Wildman–Crippen MR) is 103 cm³/mol. The number of amides is 2. The van der Waals surface area contributed by atoms with E-state index in [1.54, 1.807) is 25.7 Å². The average molecular weight is 370 g/mol. The van der Waals surface area contributed by atoms with Gasteiger partial charge in [0.1, 0.15) is 17.2 Å². The number of para-hydroxylation sites is 1. The maximum Gasteiger partial charge on any atom is 0.407 e. The minimum Gasteiger partial charge on any atom is -0.444 e. The van der Waals surface area contributed by atoms with E-state index >= 15 is 0 Å². The van der Waals surface area contributed by atoms with Crippen molar-refractivity contribution < 1.29 is 14.3 Å². The van der Waals surface area contributed by atoms with Gasteiger partial charge in [-0.3, -0.25) is 4.79 Å². The number of aryl methyl sites for hydroxylation is 1. The Labute approximate surface area is 160 Å². The fraction of sp³-hybridized carbons (Fsp3) is 0.450. The Morgan fingerprint density at radius 1 is 1.30 bits per heavy atom. The van der Waals surface area contributed by atoms with Gasteiger partial charge in [0, 0.05) is 31.5 Å². The summed E-state index contributed by atoms with van der Waals surface area (Å²) in [6.45, 7) is 6.64. The molecule has 0 bridgehead atoms. The number of nitriles is 1. The molecule has 2 amide bonds. The van der Waals surface area contributed by atoms with Gasteiger partial charge in [-0.05, 0) is 45.2 Å². The van der Waals surface area contributed by atoms with Crippen LogP contribution in [0.4, 0.5) is 10.5 Å². The van der Waals surface area contributed by atoms with Crippen LogP contribution < -0.4 is 15.5 Å². The van der Waals surface area contributed by atoms with Crippen molar-refractivity contribution in [3.8, 4) is 6.07 Å². The van der Waals surface area contributed by atoms with Crippen LogP contribution >= 0.6 is 0 Å². The third kappa shape index (κ3) is 6.03. The van der Waals surface area contributed by atoms with Gasteiger partial charge in [-0.2, -0.15) is 5.26 Å². The third-order valence-corrected chi connectivity index (χ3v) is 3.89. The minimum absolute atomic E-state index is 0.0315. The van der Waals surface area contributed by atoms with Crippen molar-refractivity contribution in [1.82, 2.24) is 10.6 Å². The minimum atomic E-state index is -0.553. The first-order valence-corrected chi connectivity index (χ1v) is 9.02. The molecule has 27 heavy (non-hydrogen) atoms. The first kappa shape index (κ1) is 20.3. The molecule has 1 heterocycles. The molecule has 1 aliphatic heterocycles. The van der Waals surface area contributed by atoms with E-state index in [0.29, 0.717) is 19.6 Å². The first-order chi connectivity index (χ1) is 12.8. The van der Waals surface area contributed by atoms with Gasteiger partial charge in [0.15, 0.2) is 0 Å². The molecule has 2 rings (SSSR count). The smallest absolute Gasteiger partial charge is 0.407 e. The molecule has 7 nitrogen and oxygen atoms in total. The molecule has 1 aromatic rings. The van der Waals surface area contributed by atoms with Gasteiger partial charge in [0.2, 0.25) is 0 Å². The van der Waals surface area contributed by atoms with Crippen molar-refractivity contribution in [3.05, 3.63) is 41.6 Å².